The number of hydrogen-bond donors (Lipinski definition) is 1. The van der Waals surface area contributed by atoms with Crippen LogP contribution in [-0.4, -0.2) is 56.6 Å². The third kappa shape index (κ3) is 2.82. The quantitative estimate of drug-likeness (QED) is 0.795. The van der Waals surface area contributed by atoms with Gasteiger partial charge in [0.05, 0.1) is 29.8 Å². The van der Waals surface area contributed by atoms with Crippen LogP contribution in [0.15, 0.2) is 0 Å². The predicted molar refractivity (Wildman–Crippen MR) is 69.6 cm³/mol. The number of hydrogen-bond acceptors (Lipinski definition) is 5. The zero-order chi connectivity index (χ0) is 13.5. The Hall–Kier alpha value is -0.170. The molecule has 3 saturated heterocycles. The lowest BCUT2D eigenvalue weighted by Crippen LogP contribution is -2.45. The van der Waals surface area contributed by atoms with E-state index in [1.165, 1.54) is 0 Å². The molecule has 0 aliphatic carbocycles. The van der Waals surface area contributed by atoms with Gasteiger partial charge in [-0.05, 0) is 31.1 Å². The topological polar surface area (TPSA) is 72.8 Å². The summed E-state index contributed by atoms with van der Waals surface area (Å²) in [6.45, 7) is 1.98. The number of aliphatic hydroxyl groups excluding tert-OH is 1. The highest BCUT2D eigenvalue weighted by Gasteiger charge is 2.45. The first kappa shape index (κ1) is 13.8. The van der Waals surface area contributed by atoms with Crippen LogP contribution >= 0.6 is 0 Å². The van der Waals surface area contributed by atoms with E-state index in [9.17, 15) is 13.5 Å². The second-order valence-corrected chi connectivity index (χ2v) is 8.47. The molecule has 3 fully saturated rings. The molecule has 110 valence electrons. The van der Waals surface area contributed by atoms with Crippen LogP contribution in [0.1, 0.15) is 25.7 Å². The lowest BCUT2D eigenvalue weighted by molar-refractivity contribution is -0.122. The van der Waals surface area contributed by atoms with Gasteiger partial charge in [-0.3, -0.25) is 0 Å². The molecule has 3 aliphatic rings. The molecule has 3 heterocycles. The molecule has 0 amide bonds. The van der Waals surface area contributed by atoms with Crippen LogP contribution in [0.25, 0.3) is 0 Å². The second kappa shape index (κ2) is 4.98. The van der Waals surface area contributed by atoms with Gasteiger partial charge in [-0.25, -0.2) is 8.42 Å². The van der Waals surface area contributed by atoms with Crippen LogP contribution in [0.5, 0.6) is 0 Å². The molecule has 0 aromatic heterocycles. The van der Waals surface area contributed by atoms with Crippen molar-refractivity contribution < 1.29 is 23.0 Å². The average molecular weight is 290 g/mol. The summed E-state index contributed by atoms with van der Waals surface area (Å²) in [6.07, 6.45) is 2.59. The van der Waals surface area contributed by atoms with Crippen molar-refractivity contribution in [1.29, 1.82) is 0 Å². The molecule has 0 radical (unpaired) electrons. The fraction of sp³-hybridized carbons (Fsp3) is 1.00. The van der Waals surface area contributed by atoms with Crippen LogP contribution in [-0.2, 0) is 19.3 Å². The molecular formula is C13H22O5S. The second-order valence-electron chi connectivity index (χ2n) is 6.24. The number of ether oxygens (including phenoxy) is 2. The van der Waals surface area contributed by atoms with Crippen molar-refractivity contribution in [3.8, 4) is 0 Å². The third-order valence-corrected chi connectivity index (χ3v) is 6.63. The van der Waals surface area contributed by atoms with Gasteiger partial charge in [-0.1, -0.05) is 0 Å². The molecule has 5 nitrogen and oxygen atoms in total. The summed E-state index contributed by atoms with van der Waals surface area (Å²) in [7, 11) is -2.92. The molecule has 0 aromatic carbocycles. The van der Waals surface area contributed by atoms with Crippen molar-refractivity contribution in [2.75, 3.05) is 31.3 Å². The molecule has 1 N–H and O–H groups in total. The molecule has 3 rings (SSSR count). The van der Waals surface area contributed by atoms with E-state index in [0.717, 1.165) is 25.9 Å². The molecule has 6 heteroatoms. The number of rotatable bonds is 2. The van der Waals surface area contributed by atoms with E-state index in [1.54, 1.807) is 0 Å². The fourth-order valence-corrected chi connectivity index (χ4v) is 5.54. The monoisotopic (exact) mass is 290 g/mol. The summed E-state index contributed by atoms with van der Waals surface area (Å²) in [5.74, 6) is 0.433. The van der Waals surface area contributed by atoms with Crippen molar-refractivity contribution in [3.63, 3.8) is 0 Å². The highest BCUT2D eigenvalue weighted by molar-refractivity contribution is 7.91. The first-order valence-electron chi connectivity index (χ1n) is 7.10. The van der Waals surface area contributed by atoms with Crippen molar-refractivity contribution in [1.82, 2.24) is 0 Å². The van der Waals surface area contributed by atoms with Gasteiger partial charge >= 0.3 is 0 Å². The summed E-state index contributed by atoms with van der Waals surface area (Å²) in [6, 6.07) is 0. The largest absolute Gasteiger partial charge is 0.393 e. The highest BCUT2D eigenvalue weighted by atomic mass is 32.2. The van der Waals surface area contributed by atoms with Crippen molar-refractivity contribution in [3.05, 3.63) is 0 Å². The normalized spacial score (nSPS) is 43.6. The molecular weight excluding hydrogens is 268 g/mol. The van der Waals surface area contributed by atoms with E-state index in [1.807, 2.05) is 0 Å². The molecule has 0 saturated carbocycles. The maximum Gasteiger partial charge on any atom is 0.150 e. The van der Waals surface area contributed by atoms with E-state index in [4.69, 9.17) is 9.47 Å². The zero-order valence-corrected chi connectivity index (χ0v) is 11.9. The van der Waals surface area contributed by atoms with Crippen molar-refractivity contribution >= 4 is 9.84 Å². The molecule has 0 bridgehead atoms. The van der Waals surface area contributed by atoms with Crippen LogP contribution in [0.3, 0.4) is 0 Å². The van der Waals surface area contributed by atoms with Gasteiger partial charge in [0.2, 0.25) is 0 Å². The summed E-state index contributed by atoms with van der Waals surface area (Å²) in [5.41, 5.74) is -0.221. The SMILES string of the molecule is O=S1(=O)CCC(C(O)C2CCOC3(CCOC3)C2)C1. The molecule has 1 spiro atoms. The Morgan fingerprint density at radius 2 is 2.05 bits per heavy atom. The summed E-state index contributed by atoms with van der Waals surface area (Å²) in [4.78, 5) is 0. The Morgan fingerprint density at radius 3 is 2.68 bits per heavy atom. The maximum atomic E-state index is 11.5. The Morgan fingerprint density at radius 1 is 1.21 bits per heavy atom. The highest BCUT2D eigenvalue weighted by Crippen LogP contribution is 2.39. The van der Waals surface area contributed by atoms with Gasteiger partial charge in [0.25, 0.3) is 0 Å². The van der Waals surface area contributed by atoms with E-state index >= 15 is 0 Å². The molecule has 3 aliphatic heterocycles. The summed E-state index contributed by atoms with van der Waals surface area (Å²) >= 11 is 0. The first-order valence-corrected chi connectivity index (χ1v) is 8.92. The lowest BCUT2D eigenvalue weighted by atomic mass is 9.78. The van der Waals surface area contributed by atoms with E-state index in [-0.39, 0.29) is 28.9 Å². The Bertz CT molecular complexity index is 426. The zero-order valence-electron chi connectivity index (χ0n) is 11.1. The van der Waals surface area contributed by atoms with E-state index in [0.29, 0.717) is 19.6 Å². The van der Waals surface area contributed by atoms with Crippen LogP contribution in [0.4, 0.5) is 0 Å². The molecule has 4 atom stereocenters. The average Bonchev–Trinajstić information content (AvgIpc) is 2.96. The molecule has 19 heavy (non-hydrogen) atoms. The predicted octanol–water partition coefficient (Wildman–Crippen LogP) is 0.368. The van der Waals surface area contributed by atoms with Crippen LogP contribution in [0.2, 0.25) is 0 Å². The van der Waals surface area contributed by atoms with Gasteiger partial charge < -0.3 is 14.6 Å². The van der Waals surface area contributed by atoms with Crippen LogP contribution in [0, 0.1) is 11.8 Å². The number of sulfone groups is 1. The minimum atomic E-state index is -2.92. The Kier molecular flexibility index (Phi) is 3.62. The number of aliphatic hydroxyl groups is 1. The van der Waals surface area contributed by atoms with E-state index in [2.05, 4.69) is 0 Å². The first-order chi connectivity index (χ1) is 9.00. The smallest absolute Gasteiger partial charge is 0.150 e. The fourth-order valence-electron chi connectivity index (χ4n) is 3.70. The van der Waals surface area contributed by atoms with Gasteiger partial charge in [-0.2, -0.15) is 0 Å². The minimum absolute atomic E-state index is 0.0903. The standard InChI is InChI=1S/C13H22O5S/c14-12(11-2-6-19(15,16)8-11)10-1-4-18-13(7-10)3-5-17-9-13/h10-12,14H,1-9H2. The lowest BCUT2D eigenvalue weighted by Gasteiger charge is -2.40. The van der Waals surface area contributed by atoms with Gasteiger partial charge in [0, 0.05) is 19.6 Å². The minimum Gasteiger partial charge on any atom is -0.393 e. The molecule has 4 unspecified atom stereocenters. The van der Waals surface area contributed by atoms with Gasteiger partial charge in [0.15, 0.2) is 9.84 Å². The Labute approximate surface area is 114 Å². The van der Waals surface area contributed by atoms with Gasteiger partial charge in [0.1, 0.15) is 0 Å². The van der Waals surface area contributed by atoms with Crippen molar-refractivity contribution in [2.24, 2.45) is 11.8 Å². The van der Waals surface area contributed by atoms with Crippen LogP contribution < -0.4 is 0 Å². The Balaban J connectivity index is 1.65. The van der Waals surface area contributed by atoms with Crippen molar-refractivity contribution in [2.45, 2.75) is 37.4 Å². The van der Waals surface area contributed by atoms with E-state index < -0.39 is 15.9 Å². The molecule has 0 aromatic rings. The maximum absolute atomic E-state index is 11.5. The summed E-state index contributed by atoms with van der Waals surface area (Å²) in [5, 5.41) is 10.5. The summed E-state index contributed by atoms with van der Waals surface area (Å²) < 4.78 is 34.3. The van der Waals surface area contributed by atoms with Gasteiger partial charge in [-0.15, -0.1) is 0 Å². The third-order valence-electron chi connectivity index (χ3n) is 4.83.